The molecule has 10 heteroatoms. The molecule has 1 amide bonds. The van der Waals surface area contributed by atoms with Gasteiger partial charge in [-0.15, -0.1) is 11.3 Å². The molecule has 1 aromatic carbocycles. The van der Waals surface area contributed by atoms with Crippen molar-refractivity contribution < 1.29 is 24.6 Å². The van der Waals surface area contributed by atoms with Gasteiger partial charge < -0.3 is 15.5 Å². The standard InChI is InChI=1S/C17H13N3O6S/c1-8-12-14(27-13(8)17(25)26)18-7-20(15(12)22)6-11(21)19-10-4-2-9(3-5-10)16(23)24/h2-5,7H,6H2,1H3,(H,19,21)(H,23,24)(H,25,26). The summed E-state index contributed by atoms with van der Waals surface area (Å²) >= 11 is 0.908. The number of aryl methyl sites for hydroxylation is 1. The molecule has 3 aromatic rings. The fourth-order valence-electron chi connectivity index (χ4n) is 2.53. The van der Waals surface area contributed by atoms with Crippen molar-refractivity contribution in [3.8, 4) is 0 Å². The van der Waals surface area contributed by atoms with Crippen molar-refractivity contribution in [1.29, 1.82) is 0 Å². The number of carboxylic acid groups (broad SMARTS) is 2. The number of carboxylic acids is 2. The van der Waals surface area contributed by atoms with E-state index >= 15 is 0 Å². The van der Waals surface area contributed by atoms with Crippen molar-refractivity contribution in [2.45, 2.75) is 13.5 Å². The molecule has 3 N–H and O–H groups in total. The first-order chi connectivity index (χ1) is 12.8. The quantitative estimate of drug-likeness (QED) is 0.607. The molecule has 0 fully saturated rings. The van der Waals surface area contributed by atoms with E-state index in [1.54, 1.807) is 0 Å². The number of aromatic carboxylic acids is 2. The Hall–Kier alpha value is -3.53. The summed E-state index contributed by atoms with van der Waals surface area (Å²) in [7, 11) is 0. The summed E-state index contributed by atoms with van der Waals surface area (Å²) in [6.45, 7) is 1.21. The minimum absolute atomic E-state index is 0.0373. The van der Waals surface area contributed by atoms with Gasteiger partial charge in [-0.3, -0.25) is 14.2 Å². The molecule has 0 bridgehead atoms. The van der Waals surface area contributed by atoms with Gasteiger partial charge in [-0.25, -0.2) is 14.6 Å². The summed E-state index contributed by atoms with van der Waals surface area (Å²) in [5, 5.41) is 20.8. The second-order valence-electron chi connectivity index (χ2n) is 5.65. The zero-order valence-electron chi connectivity index (χ0n) is 13.9. The fraction of sp³-hybridized carbons (Fsp3) is 0.118. The number of amides is 1. The lowest BCUT2D eigenvalue weighted by molar-refractivity contribution is -0.116. The molecule has 2 aromatic heterocycles. The maximum absolute atomic E-state index is 12.6. The lowest BCUT2D eigenvalue weighted by atomic mass is 10.2. The van der Waals surface area contributed by atoms with Crippen LogP contribution >= 0.6 is 11.3 Å². The van der Waals surface area contributed by atoms with Crippen LogP contribution in [0.15, 0.2) is 35.4 Å². The molecule has 3 rings (SSSR count). The first-order valence-electron chi connectivity index (χ1n) is 7.63. The second kappa shape index (κ2) is 7.00. The van der Waals surface area contributed by atoms with Crippen LogP contribution in [0, 0.1) is 6.92 Å². The van der Waals surface area contributed by atoms with Gasteiger partial charge in [0.15, 0.2) is 0 Å². The van der Waals surface area contributed by atoms with Crippen LogP contribution in [0.4, 0.5) is 5.69 Å². The van der Waals surface area contributed by atoms with Gasteiger partial charge >= 0.3 is 11.9 Å². The fourth-order valence-corrected chi connectivity index (χ4v) is 3.51. The molecule has 9 nitrogen and oxygen atoms in total. The lowest BCUT2D eigenvalue weighted by Gasteiger charge is -2.07. The zero-order chi connectivity index (χ0) is 19.7. The molecule has 0 spiro atoms. The van der Waals surface area contributed by atoms with E-state index in [0.717, 1.165) is 15.9 Å². The van der Waals surface area contributed by atoms with E-state index in [-0.39, 0.29) is 22.4 Å². The number of fused-ring (bicyclic) bond motifs is 1. The normalized spacial score (nSPS) is 10.7. The largest absolute Gasteiger partial charge is 0.478 e. The molecule has 138 valence electrons. The molecule has 0 radical (unpaired) electrons. The predicted octanol–water partition coefficient (Wildman–Crippen LogP) is 1.80. The highest BCUT2D eigenvalue weighted by atomic mass is 32.1. The number of hydrogen-bond donors (Lipinski definition) is 3. The molecule has 0 aliphatic carbocycles. The van der Waals surface area contributed by atoms with Gasteiger partial charge in [-0.05, 0) is 36.8 Å². The third-order valence-corrected chi connectivity index (χ3v) is 5.03. The molecule has 2 heterocycles. The van der Waals surface area contributed by atoms with E-state index in [0.29, 0.717) is 16.1 Å². The van der Waals surface area contributed by atoms with Gasteiger partial charge in [0.05, 0.1) is 17.3 Å². The van der Waals surface area contributed by atoms with Crippen LogP contribution in [0.1, 0.15) is 25.6 Å². The van der Waals surface area contributed by atoms with E-state index in [1.165, 1.54) is 37.5 Å². The average molecular weight is 387 g/mol. The number of thiophene rings is 1. The summed E-state index contributed by atoms with van der Waals surface area (Å²) in [4.78, 5) is 51.2. The Morgan fingerprint density at radius 2 is 1.81 bits per heavy atom. The topological polar surface area (TPSA) is 139 Å². The molecule has 0 aliphatic rings. The van der Waals surface area contributed by atoms with Crippen LogP contribution in [0.5, 0.6) is 0 Å². The summed E-state index contributed by atoms with van der Waals surface area (Å²) in [5.41, 5.74) is 0.282. The predicted molar refractivity (Wildman–Crippen MR) is 97.6 cm³/mol. The van der Waals surface area contributed by atoms with E-state index in [2.05, 4.69) is 10.3 Å². The number of rotatable bonds is 5. The van der Waals surface area contributed by atoms with E-state index in [4.69, 9.17) is 10.2 Å². The van der Waals surface area contributed by atoms with Crippen LogP contribution in [-0.2, 0) is 11.3 Å². The first-order valence-corrected chi connectivity index (χ1v) is 8.44. The van der Waals surface area contributed by atoms with E-state index in [9.17, 15) is 19.2 Å². The van der Waals surface area contributed by atoms with Crippen molar-refractivity contribution >= 4 is 45.1 Å². The lowest BCUT2D eigenvalue weighted by Crippen LogP contribution is -2.27. The minimum Gasteiger partial charge on any atom is -0.478 e. The summed E-state index contributed by atoms with van der Waals surface area (Å²) in [6.07, 6.45) is 1.19. The zero-order valence-corrected chi connectivity index (χ0v) is 14.7. The number of aromatic nitrogens is 2. The molecular formula is C17H13N3O6S. The molecule has 0 saturated carbocycles. The summed E-state index contributed by atoms with van der Waals surface area (Å²) in [5.74, 6) is -2.72. The van der Waals surface area contributed by atoms with Gasteiger partial charge in [0.25, 0.3) is 5.56 Å². The van der Waals surface area contributed by atoms with Gasteiger partial charge in [0, 0.05) is 5.69 Å². The van der Waals surface area contributed by atoms with Crippen LogP contribution in [-0.4, -0.2) is 37.6 Å². The van der Waals surface area contributed by atoms with Gasteiger partial charge in [-0.1, -0.05) is 0 Å². The molecule has 27 heavy (non-hydrogen) atoms. The smallest absolute Gasteiger partial charge is 0.346 e. The highest BCUT2D eigenvalue weighted by Gasteiger charge is 2.19. The molecular weight excluding hydrogens is 374 g/mol. The highest BCUT2D eigenvalue weighted by molar-refractivity contribution is 7.20. The number of nitrogens with one attached hydrogen (secondary N) is 1. The Morgan fingerprint density at radius 3 is 2.41 bits per heavy atom. The third-order valence-electron chi connectivity index (χ3n) is 3.84. The van der Waals surface area contributed by atoms with Crippen molar-refractivity contribution in [3.05, 3.63) is 57.0 Å². The Morgan fingerprint density at radius 1 is 1.15 bits per heavy atom. The molecule has 0 unspecified atom stereocenters. The van der Waals surface area contributed by atoms with Crippen LogP contribution in [0.2, 0.25) is 0 Å². The van der Waals surface area contributed by atoms with Crippen molar-refractivity contribution in [2.24, 2.45) is 0 Å². The van der Waals surface area contributed by atoms with Gasteiger partial charge in [0.2, 0.25) is 5.91 Å². The maximum Gasteiger partial charge on any atom is 0.346 e. The first kappa shape index (κ1) is 18.3. The Bertz CT molecular complexity index is 1130. The number of benzene rings is 1. The molecule has 0 atom stereocenters. The number of hydrogen-bond acceptors (Lipinski definition) is 6. The van der Waals surface area contributed by atoms with Crippen molar-refractivity contribution in [2.75, 3.05) is 5.32 Å². The average Bonchev–Trinajstić information content (AvgIpc) is 2.95. The molecule has 0 saturated heterocycles. The van der Waals surface area contributed by atoms with Crippen LogP contribution in [0.3, 0.4) is 0 Å². The van der Waals surface area contributed by atoms with Crippen molar-refractivity contribution in [3.63, 3.8) is 0 Å². The molecule has 0 aliphatic heterocycles. The minimum atomic E-state index is -1.14. The Kier molecular flexibility index (Phi) is 4.74. The monoisotopic (exact) mass is 387 g/mol. The number of carbonyl (C=O) groups excluding carboxylic acids is 1. The number of nitrogens with zero attached hydrogens (tertiary/aromatic N) is 2. The summed E-state index contributed by atoms with van der Waals surface area (Å²) < 4.78 is 1.09. The van der Waals surface area contributed by atoms with E-state index in [1.807, 2.05) is 0 Å². The third kappa shape index (κ3) is 3.55. The SMILES string of the molecule is Cc1c(C(=O)O)sc2ncn(CC(=O)Nc3ccc(C(=O)O)cc3)c(=O)c12. The summed E-state index contributed by atoms with van der Waals surface area (Å²) in [6, 6.07) is 5.57. The Labute approximate surface area is 155 Å². The maximum atomic E-state index is 12.6. The van der Waals surface area contributed by atoms with E-state index < -0.39 is 23.4 Å². The van der Waals surface area contributed by atoms with Crippen LogP contribution < -0.4 is 10.9 Å². The van der Waals surface area contributed by atoms with Crippen LogP contribution in [0.25, 0.3) is 10.2 Å². The van der Waals surface area contributed by atoms with Crippen molar-refractivity contribution in [1.82, 2.24) is 9.55 Å². The van der Waals surface area contributed by atoms with Gasteiger partial charge in [0.1, 0.15) is 16.3 Å². The highest BCUT2D eigenvalue weighted by Crippen LogP contribution is 2.26. The van der Waals surface area contributed by atoms with Gasteiger partial charge in [-0.2, -0.15) is 0 Å². The Balaban J connectivity index is 1.83. The number of carbonyl (C=O) groups is 3. The number of anilines is 1. The second-order valence-corrected chi connectivity index (χ2v) is 6.65.